The fourth-order valence-corrected chi connectivity index (χ4v) is 3.32. The predicted octanol–water partition coefficient (Wildman–Crippen LogP) is 4.55. The van der Waals surface area contributed by atoms with Crippen molar-refractivity contribution in [2.75, 3.05) is 0 Å². The van der Waals surface area contributed by atoms with Crippen LogP contribution in [0, 0.1) is 6.92 Å². The number of nitrogens with one attached hydrogen (secondary N) is 2. The zero-order valence-corrected chi connectivity index (χ0v) is 16.6. The van der Waals surface area contributed by atoms with Gasteiger partial charge in [0.05, 0.1) is 6.04 Å². The van der Waals surface area contributed by atoms with Crippen LogP contribution in [0.1, 0.15) is 35.7 Å². The first-order valence-electron chi connectivity index (χ1n) is 9.67. The summed E-state index contributed by atoms with van der Waals surface area (Å²) in [5.41, 5.74) is 3.04. The average Bonchev–Trinajstić information content (AvgIpc) is 3.33. The number of fused-ring (bicyclic) bond motifs is 1. The van der Waals surface area contributed by atoms with E-state index >= 15 is 0 Å². The summed E-state index contributed by atoms with van der Waals surface area (Å²) in [6, 6.07) is 17.5. The minimum Gasteiger partial charge on any atom is -0.459 e. The van der Waals surface area contributed by atoms with Gasteiger partial charge in [0.15, 0.2) is 0 Å². The number of hydrogen-bond donors (Lipinski definition) is 2. The first-order valence-corrected chi connectivity index (χ1v) is 9.67. The number of carbonyl (C=O) groups is 1. The zero-order chi connectivity index (χ0) is 20.2. The van der Waals surface area contributed by atoms with E-state index in [-0.39, 0.29) is 12.1 Å². The van der Waals surface area contributed by atoms with Crippen LogP contribution < -0.4 is 10.6 Å². The van der Waals surface area contributed by atoms with E-state index in [1.165, 1.54) is 5.56 Å². The van der Waals surface area contributed by atoms with E-state index in [0.717, 1.165) is 34.7 Å². The molecule has 2 amide bonds. The predicted molar refractivity (Wildman–Crippen MR) is 113 cm³/mol. The summed E-state index contributed by atoms with van der Waals surface area (Å²) in [5.74, 6) is 1.71. The number of nitrogens with zero attached hydrogens (tertiary/aromatic N) is 2. The molecular weight excluding hydrogens is 364 g/mol. The van der Waals surface area contributed by atoms with E-state index in [1.807, 2.05) is 62.5 Å². The quantitative estimate of drug-likeness (QED) is 0.509. The van der Waals surface area contributed by atoms with E-state index in [1.54, 1.807) is 6.20 Å². The number of benzene rings is 2. The van der Waals surface area contributed by atoms with Crippen LogP contribution in [0.5, 0.6) is 0 Å². The molecule has 2 aromatic heterocycles. The Bertz CT molecular complexity index is 1100. The summed E-state index contributed by atoms with van der Waals surface area (Å²) in [6.45, 7) is 5.11. The molecule has 4 aromatic rings. The van der Waals surface area contributed by atoms with Gasteiger partial charge in [0.2, 0.25) is 0 Å². The number of imidazole rings is 1. The van der Waals surface area contributed by atoms with E-state index in [0.29, 0.717) is 6.54 Å². The molecule has 0 aliphatic rings. The van der Waals surface area contributed by atoms with Crippen LogP contribution in [0.4, 0.5) is 4.79 Å². The Morgan fingerprint density at radius 2 is 1.97 bits per heavy atom. The van der Waals surface area contributed by atoms with Crippen molar-refractivity contribution in [1.29, 1.82) is 0 Å². The number of furan rings is 1. The summed E-state index contributed by atoms with van der Waals surface area (Å²) in [5, 5.41) is 6.88. The molecular formula is C23H24N4O2. The number of aryl methyl sites for hydroxylation is 1. The van der Waals surface area contributed by atoms with Crippen LogP contribution >= 0.6 is 0 Å². The SMILES string of the molecule is Cc1nccn1Cc1cccc(CNC(=O)NC(C)c2cc3ccccc3o2)c1. The Morgan fingerprint density at radius 1 is 1.14 bits per heavy atom. The minimum atomic E-state index is -0.228. The smallest absolute Gasteiger partial charge is 0.315 e. The normalized spacial score (nSPS) is 12.1. The summed E-state index contributed by atoms with van der Waals surface area (Å²) in [4.78, 5) is 16.6. The van der Waals surface area contributed by atoms with Crippen LogP contribution in [0.3, 0.4) is 0 Å². The molecule has 0 bridgehead atoms. The molecule has 0 fully saturated rings. The highest BCUT2D eigenvalue weighted by Gasteiger charge is 2.14. The van der Waals surface area contributed by atoms with Crippen molar-refractivity contribution in [1.82, 2.24) is 20.2 Å². The Kier molecular flexibility index (Phi) is 5.33. The van der Waals surface area contributed by atoms with Crippen LogP contribution in [0.2, 0.25) is 0 Å². The van der Waals surface area contributed by atoms with Crippen molar-refractivity contribution in [3.05, 3.63) is 89.7 Å². The lowest BCUT2D eigenvalue weighted by Gasteiger charge is -2.13. The number of amides is 2. The van der Waals surface area contributed by atoms with Gasteiger partial charge in [-0.1, -0.05) is 42.5 Å². The second-order valence-corrected chi connectivity index (χ2v) is 7.16. The Hall–Kier alpha value is -3.54. The maximum absolute atomic E-state index is 12.3. The van der Waals surface area contributed by atoms with Gasteiger partial charge in [0.1, 0.15) is 17.2 Å². The number of rotatable bonds is 6. The molecule has 6 nitrogen and oxygen atoms in total. The summed E-state index contributed by atoms with van der Waals surface area (Å²) >= 11 is 0. The van der Waals surface area contributed by atoms with E-state index in [2.05, 4.69) is 32.3 Å². The third-order valence-electron chi connectivity index (χ3n) is 4.94. The summed E-state index contributed by atoms with van der Waals surface area (Å²) in [6.07, 6.45) is 3.77. The number of hydrogen-bond acceptors (Lipinski definition) is 3. The molecule has 0 saturated heterocycles. The molecule has 0 aliphatic carbocycles. The van der Waals surface area contributed by atoms with Gasteiger partial charge < -0.3 is 19.6 Å². The third kappa shape index (κ3) is 4.48. The number of carbonyl (C=O) groups excluding carboxylic acids is 1. The second-order valence-electron chi connectivity index (χ2n) is 7.16. The van der Waals surface area contributed by atoms with Crippen molar-refractivity contribution < 1.29 is 9.21 Å². The molecule has 6 heteroatoms. The molecule has 29 heavy (non-hydrogen) atoms. The number of aromatic nitrogens is 2. The fourth-order valence-electron chi connectivity index (χ4n) is 3.32. The van der Waals surface area contributed by atoms with Crippen LogP contribution in [-0.2, 0) is 13.1 Å². The second kappa shape index (κ2) is 8.22. The lowest BCUT2D eigenvalue weighted by atomic mass is 10.1. The van der Waals surface area contributed by atoms with Gasteiger partial charge in [-0.15, -0.1) is 0 Å². The summed E-state index contributed by atoms with van der Waals surface area (Å²) < 4.78 is 7.91. The van der Waals surface area contributed by atoms with Gasteiger partial charge in [-0.2, -0.15) is 0 Å². The molecule has 0 spiro atoms. The lowest BCUT2D eigenvalue weighted by molar-refractivity contribution is 0.236. The molecule has 2 aromatic carbocycles. The van der Waals surface area contributed by atoms with E-state index in [9.17, 15) is 4.79 Å². The van der Waals surface area contributed by atoms with Crippen molar-refractivity contribution in [2.45, 2.75) is 33.0 Å². The van der Waals surface area contributed by atoms with Crippen molar-refractivity contribution >= 4 is 17.0 Å². The maximum atomic E-state index is 12.3. The Morgan fingerprint density at radius 3 is 2.76 bits per heavy atom. The standard InChI is InChI=1S/C23H24N4O2/c1-16(22-13-20-8-3-4-9-21(20)29-22)26-23(28)25-14-18-6-5-7-19(12-18)15-27-11-10-24-17(27)2/h3-13,16H,14-15H2,1-2H3,(H2,25,26,28). The monoisotopic (exact) mass is 388 g/mol. The largest absolute Gasteiger partial charge is 0.459 e. The minimum absolute atomic E-state index is 0.224. The van der Waals surface area contributed by atoms with Crippen molar-refractivity contribution in [2.24, 2.45) is 0 Å². The Balaban J connectivity index is 1.33. The molecule has 1 atom stereocenters. The maximum Gasteiger partial charge on any atom is 0.315 e. The van der Waals surface area contributed by atoms with Crippen LogP contribution in [0.25, 0.3) is 11.0 Å². The van der Waals surface area contributed by atoms with Gasteiger partial charge in [0.25, 0.3) is 0 Å². The molecule has 2 heterocycles. The molecule has 0 aliphatic heterocycles. The molecule has 2 N–H and O–H groups in total. The molecule has 0 saturated carbocycles. The van der Waals surface area contributed by atoms with Gasteiger partial charge in [-0.05, 0) is 37.1 Å². The topological polar surface area (TPSA) is 72.1 Å². The highest BCUT2D eigenvalue weighted by atomic mass is 16.3. The number of para-hydroxylation sites is 1. The first kappa shape index (κ1) is 18.8. The van der Waals surface area contributed by atoms with E-state index in [4.69, 9.17) is 4.42 Å². The first-order chi connectivity index (χ1) is 14.1. The van der Waals surface area contributed by atoms with Crippen molar-refractivity contribution in [3.63, 3.8) is 0 Å². The third-order valence-corrected chi connectivity index (χ3v) is 4.94. The fraction of sp³-hybridized carbons (Fsp3) is 0.217. The highest BCUT2D eigenvalue weighted by Crippen LogP contribution is 2.23. The molecule has 0 radical (unpaired) electrons. The zero-order valence-electron chi connectivity index (χ0n) is 16.6. The Labute approximate surface area is 169 Å². The van der Waals surface area contributed by atoms with E-state index < -0.39 is 0 Å². The highest BCUT2D eigenvalue weighted by molar-refractivity contribution is 5.78. The number of urea groups is 1. The van der Waals surface area contributed by atoms with Gasteiger partial charge in [-0.3, -0.25) is 0 Å². The van der Waals surface area contributed by atoms with Gasteiger partial charge >= 0.3 is 6.03 Å². The average molecular weight is 388 g/mol. The van der Waals surface area contributed by atoms with Crippen molar-refractivity contribution in [3.8, 4) is 0 Å². The van der Waals surface area contributed by atoms with Gasteiger partial charge in [-0.25, -0.2) is 9.78 Å². The van der Waals surface area contributed by atoms with Gasteiger partial charge in [0, 0.05) is 30.9 Å². The molecule has 148 valence electrons. The summed E-state index contributed by atoms with van der Waals surface area (Å²) in [7, 11) is 0. The van der Waals surface area contributed by atoms with Crippen LogP contribution in [-0.4, -0.2) is 15.6 Å². The van der Waals surface area contributed by atoms with Crippen LogP contribution in [0.15, 0.2) is 71.4 Å². The molecule has 4 rings (SSSR count). The lowest BCUT2D eigenvalue weighted by Crippen LogP contribution is -2.36. The molecule has 1 unspecified atom stereocenters.